The number of carboxylic acid groups (broad SMARTS) is 1. The van der Waals surface area contributed by atoms with Crippen LogP contribution in [0.2, 0.25) is 0 Å². The van der Waals surface area contributed by atoms with Crippen LogP contribution < -0.4 is 4.74 Å². The maximum absolute atomic E-state index is 13.1. The highest BCUT2D eigenvalue weighted by Gasteiger charge is 2.42. The number of amides is 3. The van der Waals surface area contributed by atoms with Crippen molar-refractivity contribution in [2.24, 2.45) is 0 Å². The van der Waals surface area contributed by atoms with Crippen molar-refractivity contribution in [2.75, 3.05) is 13.1 Å². The molecule has 10 nitrogen and oxygen atoms in total. The maximum Gasteiger partial charge on any atom is 0.407 e. The van der Waals surface area contributed by atoms with E-state index in [4.69, 9.17) is 4.74 Å². The number of imide groups is 1. The fourth-order valence-corrected chi connectivity index (χ4v) is 5.23. The molecule has 0 bridgehead atoms. The Morgan fingerprint density at radius 3 is 2.47 bits per heavy atom. The second kappa shape index (κ2) is 9.38. The Hall–Kier alpha value is -3.73. The molecule has 0 unspecified atom stereocenters. The highest BCUT2D eigenvalue weighted by atomic mass is 79.9. The van der Waals surface area contributed by atoms with E-state index in [1.807, 2.05) is 19.9 Å². The van der Waals surface area contributed by atoms with Crippen molar-refractivity contribution in [3.8, 4) is 5.75 Å². The summed E-state index contributed by atoms with van der Waals surface area (Å²) in [6.07, 6.45) is 1.13. The number of halogens is 1. The van der Waals surface area contributed by atoms with Gasteiger partial charge in [-0.2, -0.15) is 0 Å². The lowest BCUT2D eigenvalue weighted by atomic mass is 9.91. The van der Waals surface area contributed by atoms with Crippen LogP contribution in [-0.2, 0) is 13.0 Å². The number of ether oxygens (including phenoxy) is 1. The number of rotatable bonds is 6. The van der Waals surface area contributed by atoms with Gasteiger partial charge < -0.3 is 9.84 Å². The molecule has 3 amide bonds. The van der Waals surface area contributed by atoms with Gasteiger partial charge in [-0.05, 0) is 50.1 Å². The number of benzene rings is 2. The van der Waals surface area contributed by atoms with E-state index < -0.39 is 23.9 Å². The van der Waals surface area contributed by atoms with Crippen LogP contribution in [0, 0.1) is 0 Å². The number of carbonyl (C=O) groups is 3. The van der Waals surface area contributed by atoms with E-state index in [1.54, 1.807) is 41.2 Å². The van der Waals surface area contributed by atoms with Crippen molar-refractivity contribution in [1.82, 2.24) is 24.8 Å². The minimum absolute atomic E-state index is 0.123. The average Bonchev–Trinajstić information content (AvgIpc) is 3.43. The molecule has 186 valence electrons. The molecule has 11 heteroatoms. The fraction of sp³-hybridized carbons (Fsp3) is 0.320. The number of hydrogen-bond donors (Lipinski definition) is 1. The van der Waals surface area contributed by atoms with Gasteiger partial charge in [0.05, 0.1) is 29.9 Å². The molecular formula is C25H24BrN5O5. The van der Waals surface area contributed by atoms with Crippen molar-refractivity contribution in [2.45, 2.75) is 39.0 Å². The summed E-state index contributed by atoms with van der Waals surface area (Å²) in [4.78, 5) is 40.8. The highest BCUT2D eigenvalue weighted by molar-refractivity contribution is 9.10. The first-order valence-corrected chi connectivity index (χ1v) is 12.3. The summed E-state index contributed by atoms with van der Waals surface area (Å²) in [6, 6.07) is 9.58. The molecule has 0 saturated carbocycles. The van der Waals surface area contributed by atoms with E-state index in [0.29, 0.717) is 34.6 Å². The van der Waals surface area contributed by atoms with Gasteiger partial charge in [0.25, 0.3) is 11.8 Å². The molecule has 5 rings (SSSR count). The molecule has 0 aliphatic carbocycles. The topological polar surface area (TPSA) is 118 Å². The standard InChI is InChI=1S/C25H24BrN5O5/c1-14(2)31-11-15(27-28-31)13-36-21-8-7-19(26)18-9-10-29(25(34)35)20(22(18)21)12-30-23(32)16-5-3-4-6-17(16)24(30)33/h3-8,11,14,20H,9-10,12-13H2,1-2H3,(H,34,35)/t20-/m1/s1. The van der Waals surface area contributed by atoms with Gasteiger partial charge in [0.15, 0.2) is 0 Å². The molecule has 0 fully saturated rings. The Balaban J connectivity index is 1.50. The Bertz CT molecular complexity index is 1340. The van der Waals surface area contributed by atoms with Crippen molar-refractivity contribution in [3.05, 3.63) is 75.0 Å². The van der Waals surface area contributed by atoms with Crippen molar-refractivity contribution < 1.29 is 24.2 Å². The lowest BCUT2D eigenvalue weighted by Gasteiger charge is -2.38. The van der Waals surface area contributed by atoms with E-state index >= 15 is 0 Å². The third-order valence-corrected chi connectivity index (χ3v) is 7.26. The second-order valence-electron chi connectivity index (χ2n) is 9.02. The predicted octanol–water partition coefficient (Wildman–Crippen LogP) is 4.07. The Morgan fingerprint density at radius 2 is 1.86 bits per heavy atom. The van der Waals surface area contributed by atoms with Gasteiger partial charge in [-0.25, -0.2) is 9.48 Å². The molecule has 2 aromatic carbocycles. The number of aromatic nitrogens is 3. The second-order valence-corrected chi connectivity index (χ2v) is 9.87. The van der Waals surface area contributed by atoms with Crippen molar-refractivity contribution in [1.29, 1.82) is 0 Å². The van der Waals surface area contributed by atoms with Gasteiger partial charge in [0.2, 0.25) is 0 Å². The molecule has 1 N–H and O–H groups in total. The molecule has 1 aromatic heterocycles. The van der Waals surface area contributed by atoms with Gasteiger partial charge in [-0.1, -0.05) is 33.3 Å². The molecule has 0 saturated heterocycles. The van der Waals surface area contributed by atoms with Crippen LogP contribution in [0.3, 0.4) is 0 Å². The van der Waals surface area contributed by atoms with Gasteiger partial charge in [0.1, 0.15) is 18.1 Å². The first kappa shape index (κ1) is 24.0. The smallest absolute Gasteiger partial charge is 0.407 e. The van der Waals surface area contributed by atoms with Crippen LogP contribution >= 0.6 is 15.9 Å². The van der Waals surface area contributed by atoms with Crippen LogP contribution in [0.1, 0.15) is 63.5 Å². The molecule has 1 atom stereocenters. The van der Waals surface area contributed by atoms with Gasteiger partial charge in [-0.15, -0.1) is 5.10 Å². The first-order valence-electron chi connectivity index (χ1n) is 11.6. The zero-order valence-electron chi connectivity index (χ0n) is 19.7. The molecule has 2 aliphatic heterocycles. The van der Waals surface area contributed by atoms with Crippen molar-refractivity contribution >= 4 is 33.8 Å². The SMILES string of the molecule is CC(C)n1cc(COc2ccc(Br)c3c2[C@@H](CN2C(=O)c4ccccc4C2=O)N(C(=O)O)CC3)nn1. The summed E-state index contributed by atoms with van der Waals surface area (Å²) < 4.78 is 8.67. The van der Waals surface area contributed by atoms with Crippen molar-refractivity contribution in [3.63, 3.8) is 0 Å². The lowest BCUT2D eigenvalue weighted by molar-refractivity contribution is 0.0565. The van der Waals surface area contributed by atoms with Crippen LogP contribution in [0.25, 0.3) is 0 Å². The van der Waals surface area contributed by atoms with E-state index in [2.05, 4.69) is 26.2 Å². The zero-order valence-corrected chi connectivity index (χ0v) is 21.3. The summed E-state index contributed by atoms with van der Waals surface area (Å²) in [5, 5.41) is 18.2. The van der Waals surface area contributed by atoms with Gasteiger partial charge in [-0.3, -0.25) is 19.4 Å². The minimum Gasteiger partial charge on any atom is -0.487 e. The van der Waals surface area contributed by atoms with Crippen LogP contribution in [0.4, 0.5) is 4.79 Å². The summed E-state index contributed by atoms with van der Waals surface area (Å²) in [5.41, 5.74) is 2.78. The third kappa shape index (κ3) is 4.13. The third-order valence-electron chi connectivity index (χ3n) is 6.51. The molecule has 36 heavy (non-hydrogen) atoms. The maximum atomic E-state index is 13.1. The number of nitrogens with zero attached hydrogens (tertiary/aromatic N) is 5. The number of fused-ring (bicyclic) bond motifs is 2. The first-order chi connectivity index (χ1) is 17.3. The molecule has 0 radical (unpaired) electrons. The quantitative estimate of drug-likeness (QED) is 0.457. The van der Waals surface area contributed by atoms with E-state index in [1.165, 1.54) is 4.90 Å². The molecular weight excluding hydrogens is 530 g/mol. The molecule has 3 heterocycles. The van der Waals surface area contributed by atoms with E-state index in [-0.39, 0.29) is 25.7 Å². The van der Waals surface area contributed by atoms with Crippen LogP contribution in [-0.4, -0.2) is 60.9 Å². The Labute approximate surface area is 215 Å². The predicted molar refractivity (Wildman–Crippen MR) is 132 cm³/mol. The van der Waals surface area contributed by atoms with Crippen LogP contribution in [0.5, 0.6) is 5.75 Å². The fourth-order valence-electron chi connectivity index (χ4n) is 4.69. The van der Waals surface area contributed by atoms with E-state index in [9.17, 15) is 19.5 Å². The molecule has 0 spiro atoms. The van der Waals surface area contributed by atoms with Gasteiger partial charge in [0, 0.05) is 22.6 Å². The highest BCUT2D eigenvalue weighted by Crippen LogP contribution is 2.41. The van der Waals surface area contributed by atoms with Crippen LogP contribution in [0.15, 0.2) is 47.1 Å². The lowest BCUT2D eigenvalue weighted by Crippen LogP contribution is -2.46. The summed E-state index contributed by atoms with van der Waals surface area (Å²) >= 11 is 3.58. The largest absolute Gasteiger partial charge is 0.487 e. The monoisotopic (exact) mass is 553 g/mol. The summed E-state index contributed by atoms with van der Waals surface area (Å²) in [5.74, 6) is -0.397. The normalized spacial score (nSPS) is 16.9. The molecule has 3 aromatic rings. The summed E-state index contributed by atoms with van der Waals surface area (Å²) in [7, 11) is 0. The molecule has 2 aliphatic rings. The number of hydrogen-bond acceptors (Lipinski definition) is 6. The Morgan fingerprint density at radius 1 is 1.17 bits per heavy atom. The minimum atomic E-state index is -1.13. The van der Waals surface area contributed by atoms with E-state index in [0.717, 1.165) is 14.9 Å². The summed E-state index contributed by atoms with van der Waals surface area (Å²) in [6.45, 7) is 4.22. The average molecular weight is 554 g/mol. The zero-order chi connectivity index (χ0) is 25.6. The Kier molecular flexibility index (Phi) is 6.25. The van der Waals surface area contributed by atoms with Gasteiger partial charge >= 0.3 is 6.09 Å². The number of carbonyl (C=O) groups excluding carboxylic acids is 2.